The highest BCUT2D eigenvalue weighted by Gasteiger charge is 2.27. The average Bonchev–Trinajstić information content (AvgIpc) is 2.71. The van der Waals surface area contributed by atoms with E-state index < -0.39 is 23.5 Å². The zero-order valence-corrected chi connectivity index (χ0v) is 19.1. The third-order valence-electron chi connectivity index (χ3n) is 5.42. The van der Waals surface area contributed by atoms with Crippen LogP contribution >= 0.6 is 0 Å². The Morgan fingerprint density at radius 1 is 1.26 bits per heavy atom. The zero-order valence-electron chi connectivity index (χ0n) is 19.1. The lowest BCUT2D eigenvalue weighted by atomic mass is 9.84. The first-order chi connectivity index (χ1) is 14.7. The second-order valence-electron chi connectivity index (χ2n) is 9.45. The molecular weight excluding hydrogens is 394 g/mol. The standard InChI is InChI=1S/C24H37N3O4/c1-24(2,3)30-22(28)16-20(13-7-11-18-9-5-4-6-10-18)23(29)31-27-21(25)15-19-12-8-14-26-17-19/h8,12,14,17-18,20H,4-7,9-11,13,15-16H2,1-3H3,(H2,25,27). The number of ether oxygens (including phenoxy) is 1. The molecule has 7 nitrogen and oxygen atoms in total. The maximum atomic E-state index is 12.7. The lowest BCUT2D eigenvalue weighted by molar-refractivity contribution is -0.161. The van der Waals surface area contributed by atoms with Crippen LogP contribution in [0.2, 0.25) is 0 Å². The van der Waals surface area contributed by atoms with Gasteiger partial charge in [-0.15, -0.1) is 0 Å². The predicted molar refractivity (Wildman–Crippen MR) is 120 cm³/mol. The van der Waals surface area contributed by atoms with Crippen molar-refractivity contribution in [2.24, 2.45) is 22.7 Å². The summed E-state index contributed by atoms with van der Waals surface area (Å²) in [5, 5.41) is 3.79. The topological polar surface area (TPSA) is 104 Å². The van der Waals surface area contributed by atoms with Crippen molar-refractivity contribution < 1.29 is 19.2 Å². The summed E-state index contributed by atoms with van der Waals surface area (Å²) in [6, 6.07) is 3.67. The van der Waals surface area contributed by atoms with E-state index in [1.165, 1.54) is 32.1 Å². The molecule has 0 aromatic carbocycles. The molecule has 0 aliphatic heterocycles. The van der Waals surface area contributed by atoms with E-state index in [1.54, 1.807) is 18.5 Å². The highest BCUT2D eigenvalue weighted by molar-refractivity contribution is 5.84. The molecule has 1 fully saturated rings. The number of hydrogen-bond donors (Lipinski definition) is 1. The van der Waals surface area contributed by atoms with Gasteiger partial charge in [0.2, 0.25) is 0 Å². The summed E-state index contributed by atoms with van der Waals surface area (Å²) in [6.45, 7) is 5.43. The van der Waals surface area contributed by atoms with Gasteiger partial charge in [0, 0.05) is 18.8 Å². The summed E-state index contributed by atoms with van der Waals surface area (Å²) >= 11 is 0. The number of hydrogen-bond acceptors (Lipinski definition) is 6. The molecule has 1 aromatic heterocycles. The third-order valence-corrected chi connectivity index (χ3v) is 5.42. The number of nitrogens with two attached hydrogens (primary N) is 1. The van der Waals surface area contributed by atoms with Crippen molar-refractivity contribution in [1.82, 2.24) is 4.98 Å². The van der Waals surface area contributed by atoms with Gasteiger partial charge in [-0.05, 0) is 44.7 Å². The molecule has 1 aliphatic rings. The van der Waals surface area contributed by atoms with E-state index in [2.05, 4.69) is 10.1 Å². The van der Waals surface area contributed by atoms with Gasteiger partial charge >= 0.3 is 11.9 Å². The van der Waals surface area contributed by atoms with E-state index in [9.17, 15) is 9.59 Å². The Kier molecular flexibility index (Phi) is 9.95. The zero-order chi connectivity index (χ0) is 22.7. The van der Waals surface area contributed by atoms with Crippen molar-refractivity contribution in [3.05, 3.63) is 30.1 Å². The summed E-state index contributed by atoms with van der Waals surface area (Å²) in [6.07, 6.45) is 12.6. The van der Waals surface area contributed by atoms with Crippen LogP contribution in [0.3, 0.4) is 0 Å². The number of carbonyl (C=O) groups excluding carboxylic acids is 2. The molecule has 1 heterocycles. The van der Waals surface area contributed by atoms with Crippen LogP contribution in [0.15, 0.2) is 29.7 Å². The molecule has 31 heavy (non-hydrogen) atoms. The number of rotatable bonds is 10. The Balaban J connectivity index is 1.91. The van der Waals surface area contributed by atoms with Crippen molar-refractivity contribution in [1.29, 1.82) is 0 Å². The minimum absolute atomic E-state index is 0.0151. The molecule has 2 N–H and O–H groups in total. The largest absolute Gasteiger partial charge is 0.460 e. The predicted octanol–water partition coefficient (Wildman–Crippen LogP) is 4.54. The van der Waals surface area contributed by atoms with Gasteiger partial charge in [-0.25, -0.2) is 4.79 Å². The number of amidine groups is 1. The molecule has 1 aliphatic carbocycles. The Hall–Kier alpha value is -2.44. The summed E-state index contributed by atoms with van der Waals surface area (Å²) in [7, 11) is 0. The molecule has 0 amide bonds. The molecule has 2 rings (SSSR count). The molecule has 1 aromatic rings. The van der Waals surface area contributed by atoms with Gasteiger partial charge in [0.05, 0.1) is 12.3 Å². The fourth-order valence-corrected chi connectivity index (χ4v) is 3.94. The van der Waals surface area contributed by atoms with Gasteiger partial charge in [0.25, 0.3) is 0 Å². The number of aromatic nitrogens is 1. The first-order valence-corrected chi connectivity index (χ1v) is 11.4. The van der Waals surface area contributed by atoms with E-state index in [1.807, 2.05) is 26.8 Å². The van der Waals surface area contributed by atoms with Crippen molar-refractivity contribution >= 4 is 17.8 Å². The van der Waals surface area contributed by atoms with Gasteiger partial charge in [0.15, 0.2) is 0 Å². The van der Waals surface area contributed by atoms with Gasteiger partial charge in [0.1, 0.15) is 11.4 Å². The molecular formula is C24H37N3O4. The first-order valence-electron chi connectivity index (χ1n) is 11.4. The van der Waals surface area contributed by atoms with Crippen LogP contribution in [-0.4, -0.2) is 28.4 Å². The minimum Gasteiger partial charge on any atom is -0.460 e. The van der Waals surface area contributed by atoms with E-state index in [4.69, 9.17) is 15.3 Å². The van der Waals surface area contributed by atoms with Gasteiger partial charge < -0.3 is 15.3 Å². The maximum Gasteiger partial charge on any atom is 0.338 e. The van der Waals surface area contributed by atoms with Gasteiger partial charge in [-0.2, -0.15) is 0 Å². The van der Waals surface area contributed by atoms with E-state index >= 15 is 0 Å². The van der Waals surface area contributed by atoms with E-state index in [-0.39, 0.29) is 12.3 Å². The van der Waals surface area contributed by atoms with Crippen LogP contribution in [0.1, 0.15) is 84.1 Å². The monoisotopic (exact) mass is 431 g/mol. The number of pyridine rings is 1. The summed E-state index contributed by atoms with van der Waals surface area (Å²) in [5.41, 5.74) is 6.17. The first kappa shape index (κ1) is 24.8. The average molecular weight is 432 g/mol. The number of carbonyl (C=O) groups is 2. The molecule has 0 spiro atoms. The second kappa shape index (κ2) is 12.4. The second-order valence-corrected chi connectivity index (χ2v) is 9.45. The summed E-state index contributed by atoms with van der Waals surface area (Å²) in [4.78, 5) is 34.1. The minimum atomic E-state index is -0.597. The van der Waals surface area contributed by atoms with Crippen LogP contribution in [-0.2, 0) is 25.6 Å². The Morgan fingerprint density at radius 3 is 2.65 bits per heavy atom. The maximum absolute atomic E-state index is 12.7. The molecule has 1 atom stereocenters. The SMILES string of the molecule is CC(C)(C)OC(=O)CC(CCCC1CCCCC1)C(=O)O/N=C(\N)Cc1cccnc1. The van der Waals surface area contributed by atoms with Crippen molar-refractivity contribution in [2.75, 3.05) is 0 Å². The van der Waals surface area contributed by atoms with Crippen LogP contribution in [0, 0.1) is 11.8 Å². The van der Waals surface area contributed by atoms with Gasteiger partial charge in [-0.1, -0.05) is 56.2 Å². The van der Waals surface area contributed by atoms with Crippen LogP contribution in [0.4, 0.5) is 0 Å². The molecule has 0 bridgehead atoms. The number of oxime groups is 1. The summed E-state index contributed by atoms with van der Waals surface area (Å²) in [5.74, 6) is -0.629. The fourth-order valence-electron chi connectivity index (χ4n) is 3.94. The Bertz CT molecular complexity index is 722. The van der Waals surface area contributed by atoms with E-state index in [0.29, 0.717) is 12.8 Å². The smallest absolute Gasteiger partial charge is 0.338 e. The fraction of sp³-hybridized carbons (Fsp3) is 0.667. The Morgan fingerprint density at radius 2 is 2.00 bits per heavy atom. The van der Waals surface area contributed by atoms with Crippen LogP contribution in [0.25, 0.3) is 0 Å². The quantitative estimate of drug-likeness (QED) is 0.192. The van der Waals surface area contributed by atoms with Crippen LogP contribution < -0.4 is 5.73 Å². The Labute approximate surface area is 185 Å². The lowest BCUT2D eigenvalue weighted by Crippen LogP contribution is -2.28. The van der Waals surface area contributed by atoms with Crippen LogP contribution in [0.5, 0.6) is 0 Å². The highest BCUT2D eigenvalue weighted by Crippen LogP contribution is 2.29. The van der Waals surface area contributed by atoms with Gasteiger partial charge in [-0.3, -0.25) is 9.78 Å². The van der Waals surface area contributed by atoms with Crippen molar-refractivity contribution in [3.63, 3.8) is 0 Å². The number of esters is 1. The third kappa shape index (κ3) is 10.4. The van der Waals surface area contributed by atoms with E-state index in [0.717, 1.165) is 24.3 Å². The molecule has 7 heteroatoms. The normalized spacial score (nSPS) is 16.5. The van der Waals surface area contributed by atoms with Crippen molar-refractivity contribution in [2.45, 2.75) is 90.6 Å². The summed E-state index contributed by atoms with van der Waals surface area (Å²) < 4.78 is 5.41. The molecule has 0 saturated heterocycles. The molecule has 1 saturated carbocycles. The van der Waals surface area contributed by atoms with Crippen molar-refractivity contribution in [3.8, 4) is 0 Å². The lowest BCUT2D eigenvalue weighted by Gasteiger charge is -2.23. The molecule has 1 unspecified atom stereocenters. The molecule has 0 radical (unpaired) electrons. The molecule has 172 valence electrons. The number of nitrogens with zero attached hydrogens (tertiary/aromatic N) is 2. The highest BCUT2D eigenvalue weighted by atomic mass is 16.7.